The molecule has 0 bridgehead atoms. The monoisotopic (exact) mass is 334 g/mol. The number of nitrogens with one attached hydrogen (secondary N) is 2. The summed E-state index contributed by atoms with van der Waals surface area (Å²) in [5.41, 5.74) is 2.22. The SMILES string of the molecule is COc1c(Cl)cccc1NC(=O)NCC(O)c1ccccc1C. The average Bonchev–Trinajstić information content (AvgIpc) is 2.53. The van der Waals surface area contributed by atoms with E-state index in [1.807, 2.05) is 31.2 Å². The summed E-state index contributed by atoms with van der Waals surface area (Å²) in [6.45, 7) is 2.01. The van der Waals surface area contributed by atoms with Crippen LogP contribution in [0.4, 0.5) is 10.5 Å². The lowest BCUT2D eigenvalue weighted by Gasteiger charge is -2.16. The molecule has 0 aliphatic rings. The number of para-hydroxylation sites is 1. The minimum Gasteiger partial charge on any atom is -0.493 e. The quantitative estimate of drug-likeness (QED) is 0.783. The fourth-order valence-corrected chi connectivity index (χ4v) is 2.49. The van der Waals surface area contributed by atoms with Crippen molar-refractivity contribution in [3.05, 3.63) is 58.6 Å². The van der Waals surface area contributed by atoms with Gasteiger partial charge in [-0.15, -0.1) is 0 Å². The molecule has 0 aliphatic carbocycles. The summed E-state index contributed by atoms with van der Waals surface area (Å²) in [6.07, 6.45) is -0.775. The maximum atomic E-state index is 12.0. The van der Waals surface area contributed by atoms with Crippen LogP contribution >= 0.6 is 11.6 Å². The van der Waals surface area contributed by atoms with Crippen LogP contribution in [0.15, 0.2) is 42.5 Å². The first-order valence-electron chi connectivity index (χ1n) is 7.14. The number of aliphatic hydroxyl groups is 1. The number of hydrogen-bond donors (Lipinski definition) is 3. The molecule has 1 atom stereocenters. The molecule has 0 aliphatic heterocycles. The molecular formula is C17H19ClN2O3. The van der Waals surface area contributed by atoms with Crippen LogP contribution in [-0.2, 0) is 0 Å². The zero-order valence-electron chi connectivity index (χ0n) is 13.0. The predicted molar refractivity (Wildman–Crippen MR) is 91.2 cm³/mol. The number of hydrogen-bond acceptors (Lipinski definition) is 3. The molecule has 0 saturated carbocycles. The van der Waals surface area contributed by atoms with Crippen LogP contribution < -0.4 is 15.4 Å². The Morgan fingerprint density at radius 1 is 1.26 bits per heavy atom. The van der Waals surface area contributed by atoms with Crippen molar-refractivity contribution in [2.45, 2.75) is 13.0 Å². The Labute approximate surface area is 140 Å². The lowest BCUT2D eigenvalue weighted by molar-refractivity contribution is 0.174. The van der Waals surface area contributed by atoms with Crippen LogP contribution in [0.25, 0.3) is 0 Å². The second-order valence-electron chi connectivity index (χ2n) is 5.03. The minimum atomic E-state index is -0.775. The number of aryl methyl sites for hydroxylation is 1. The van der Waals surface area contributed by atoms with Crippen molar-refractivity contribution >= 4 is 23.3 Å². The van der Waals surface area contributed by atoms with Crippen molar-refractivity contribution in [2.75, 3.05) is 19.0 Å². The van der Waals surface area contributed by atoms with Crippen molar-refractivity contribution in [3.8, 4) is 5.75 Å². The Bertz CT molecular complexity index is 691. The van der Waals surface area contributed by atoms with E-state index in [1.165, 1.54) is 7.11 Å². The van der Waals surface area contributed by atoms with Crippen LogP contribution in [0.5, 0.6) is 5.75 Å². The zero-order chi connectivity index (χ0) is 16.8. The number of benzene rings is 2. The summed E-state index contributed by atoms with van der Waals surface area (Å²) < 4.78 is 5.16. The number of anilines is 1. The molecule has 0 heterocycles. The van der Waals surface area contributed by atoms with Gasteiger partial charge in [0, 0.05) is 6.54 Å². The van der Waals surface area contributed by atoms with Gasteiger partial charge in [0.2, 0.25) is 0 Å². The van der Waals surface area contributed by atoms with E-state index in [9.17, 15) is 9.90 Å². The van der Waals surface area contributed by atoms with E-state index in [1.54, 1.807) is 18.2 Å². The summed E-state index contributed by atoms with van der Waals surface area (Å²) in [6, 6.07) is 12.1. The van der Waals surface area contributed by atoms with Crippen molar-refractivity contribution < 1.29 is 14.6 Å². The highest BCUT2D eigenvalue weighted by molar-refractivity contribution is 6.32. The Kier molecular flexibility index (Phi) is 5.84. The van der Waals surface area contributed by atoms with Gasteiger partial charge in [-0.1, -0.05) is 41.9 Å². The highest BCUT2D eigenvalue weighted by Gasteiger charge is 2.13. The molecule has 5 nitrogen and oxygen atoms in total. The first-order chi connectivity index (χ1) is 11.0. The second-order valence-corrected chi connectivity index (χ2v) is 5.44. The fraction of sp³-hybridized carbons (Fsp3) is 0.235. The largest absolute Gasteiger partial charge is 0.493 e. The Hall–Kier alpha value is -2.24. The molecule has 2 rings (SSSR count). The van der Waals surface area contributed by atoms with Crippen LogP contribution in [0, 0.1) is 6.92 Å². The fourth-order valence-electron chi connectivity index (χ4n) is 2.24. The van der Waals surface area contributed by atoms with Crippen molar-refractivity contribution in [1.82, 2.24) is 5.32 Å². The topological polar surface area (TPSA) is 70.6 Å². The molecule has 3 N–H and O–H groups in total. The van der Waals surface area contributed by atoms with Gasteiger partial charge in [-0.25, -0.2) is 4.79 Å². The maximum absolute atomic E-state index is 12.0. The molecular weight excluding hydrogens is 316 g/mol. The Morgan fingerprint density at radius 2 is 2.00 bits per heavy atom. The zero-order valence-corrected chi connectivity index (χ0v) is 13.7. The summed E-state index contributed by atoms with van der Waals surface area (Å²) in [5, 5.41) is 15.9. The lowest BCUT2D eigenvalue weighted by atomic mass is 10.0. The van der Waals surface area contributed by atoms with E-state index in [2.05, 4.69) is 10.6 Å². The van der Waals surface area contributed by atoms with Crippen LogP contribution in [0.1, 0.15) is 17.2 Å². The summed E-state index contributed by atoms with van der Waals surface area (Å²) in [4.78, 5) is 12.0. The number of ether oxygens (including phenoxy) is 1. The van der Waals surface area contributed by atoms with Crippen LogP contribution in [0.2, 0.25) is 5.02 Å². The van der Waals surface area contributed by atoms with Gasteiger partial charge < -0.3 is 20.5 Å². The first kappa shape index (κ1) is 17.1. The van der Waals surface area contributed by atoms with Gasteiger partial charge in [-0.05, 0) is 30.2 Å². The number of rotatable bonds is 5. The molecule has 2 aromatic rings. The Morgan fingerprint density at radius 3 is 2.70 bits per heavy atom. The van der Waals surface area contributed by atoms with Gasteiger partial charge in [0.05, 0.1) is 23.9 Å². The smallest absolute Gasteiger partial charge is 0.319 e. The minimum absolute atomic E-state index is 0.0968. The van der Waals surface area contributed by atoms with Gasteiger partial charge >= 0.3 is 6.03 Å². The van der Waals surface area contributed by atoms with Gasteiger partial charge in [0.25, 0.3) is 0 Å². The molecule has 0 radical (unpaired) electrons. The standard InChI is InChI=1S/C17H19ClN2O3/c1-11-6-3-4-7-12(11)15(21)10-19-17(22)20-14-9-5-8-13(18)16(14)23-2/h3-9,15,21H,10H2,1-2H3,(H2,19,20,22). The molecule has 0 spiro atoms. The van der Waals surface area contributed by atoms with Gasteiger partial charge in [-0.3, -0.25) is 0 Å². The molecule has 0 aromatic heterocycles. The molecule has 122 valence electrons. The molecule has 6 heteroatoms. The number of urea groups is 1. The number of methoxy groups -OCH3 is 1. The normalized spacial score (nSPS) is 11.7. The molecule has 0 fully saturated rings. The van der Waals surface area contributed by atoms with E-state index < -0.39 is 12.1 Å². The molecule has 2 aromatic carbocycles. The van der Waals surface area contributed by atoms with E-state index in [0.717, 1.165) is 11.1 Å². The van der Waals surface area contributed by atoms with E-state index in [0.29, 0.717) is 16.5 Å². The molecule has 2 amide bonds. The second kappa shape index (κ2) is 7.85. The lowest BCUT2D eigenvalue weighted by Crippen LogP contribution is -2.32. The molecule has 23 heavy (non-hydrogen) atoms. The van der Waals surface area contributed by atoms with Crippen molar-refractivity contribution in [1.29, 1.82) is 0 Å². The highest BCUT2D eigenvalue weighted by Crippen LogP contribution is 2.32. The van der Waals surface area contributed by atoms with E-state index in [4.69, 9.17) is 16.3 Å². The summed E-state index contributed by atoms with van der Waals surface area (Å²) >= 11 is 6.00. The number of carbonyl (C=O) groups is 1. The van der Waals surface area contributed by atoms with Crippen molar-refractivity contribution in [2.24, 2.45) is 0 Å². The highest BCUT2D eigenvalue weighted by atomic mass is 35.5. The summed E-state index contributed by atoms with van der Waals surface area (Å²) in [7, 11) is 1.48. The summed E-state index contributed by atoms with van der Waals surface area (Å²) in [5.74, 6) is 0.392. The van der Waals surface area contributed by atoms with E-state index >= 15 is 0 Å². The third kappa shape index (κ3) is 4.37. The van der Waals surface area contributed by atoms with Gasteiger partial charge in [0.1, 0.15) is 0 Å². The van der Waals surface area contributed by atoms with E-state index in [-0.39, 0.29) is 6.54 Å². The molecule has 1 unspecified atom stereocenters. The maximum Gasteiger partial charge on any atom is 0.319 e. The first-order valence-corrected chi connectivity index (χ1v) is 7.51. The number of halogens is 1. The molecule has 0 saturated heterocycles. The number of aliphatic hydroxyl groups excluding tert-OH is 1. The van der Waals surface area contributed by atoms with Crippen molar-refractivity contribution in [3.63, 3.8) is 0 Å². The third-order valence-corrected chi connectivity index (χ3v) is 3.72. The van der Waals surface area contributed by atoms with Crippen LogP contribution in [0.3, 0.4) is 0 Å². The van der Waals surface area contributed by atoms with Gasteiger partial charge in [0.15, 0.2) is 5.75 Å². The number of carbonyl (C=O) groups excluding carboxylic acids is 1. The number of amides is 2. The predicted octanol–water partition coefficient (Wildman–Crippen LogP) is 3.51. The van der Waals surface area contributed by atoms with Crippen LogP contribution in [-0.4, -0.2) is 24.8 Å². The Balaban J connectivity index is 1.96. The third-order valence-electron chi connectivity index (χ3n) is 3.42. The van der Waals surface area contributed by atoms with Gasteiger partial charge in [-0.2, -0.15) is 0 Å². The average molecular weight is 335 g/mol.